The molecule has 0 radical (unpaired) electrons. The highest BCUT2D eigenvalue weighted by atomic mass is 32.2. The standard InChI is InChI=1S/C15H15FN2O3S2/c1-9-13(14(19)18-10-6-7-23(20,21)8-10)22-15(17-9)11-4-2-3-5-12(11)16/h2-5,10H,6-8H2,1H3,(H,18,19)/t10-/m1/s1. The van der Waals surface area contributed by atoms with Crippen LogP contribution in [0.4, 0.5) is 4.39 Å². The van der Waals surface area contributed by atoms with E-state index in [9.17, 15) is 17.6 Å². The minimum Gasteiger partial charge on any atom is -0.347 e. The van der Waals surface area contributed by atoms with Crippen molar-refractivity contribution in [3.05, 3.63) is 40.7 Å². The van der Waals surface area contributed by atoms with Gasteiger partial charge < -0.3 is 5.32 Å². The highest BCUT2D eigenvalue weighted by Crippen LogP contribution is 2.29. The third kappa shape index (κ3) is 3.42. The molecule has 1 aliphatic heterocycles. The number of sulfone groups is 1. The van der Waals surface area contributed by atoms with E-state index in [0.717, 1.165) is 11.3 Å². The number of hydrogen-bond donors (Lipinski definition) is 1. The number of aryl methyl sites for hydroxylation is 1. The van der Waals surface area contributed by atoms with E-state index in [0.29, 0.717) is 27.6 Å². The fraction of sp³-hybridized carbons (Fsp3) is 0.333. The molecule has 1 aromatic heterocycles. The van der Waals surface area contributed by atoms with Crippen molar-refractivity contribution in [1.29, 1.82) is 0 Å². The molecule has 0 spiro atoms. The quantitative estimate of drug-likeness (QED) is 0.917. The second-order valence-electron chi connectivity index (χ2n) is 5.49. The van der Waals surface area contributed by atoms with E-state index in [4.69, 9.17) is 0 Å². The number of benzene rings is 1. The lowest BCUT2D eigenvalue weighted by atomic mass is 10.2. The van der Waals surface area contributed by atoms with Crippen molar-refractivity contribution in [3.63, 3.8) is 0 Å². The number of amides is 1. The van der Waals surface area contributed by atoms with Gasteiger partial charge in [0, 0.05) is 11.6 Å². The van der Waals surface area contributed by atoms with Crippen molar-refractivity contribution in [2.24, 2.45) is 0 Å². The van der Waals surface area contributed by atoms with Gasteiger partial charge in [0.05, 0.1) is 17.2 Å². The largest absolute Gasteiger partial charge is 0.347 e. The Balaban J connectivity index is 1.81. The molecular formula is C15H15FN2O3S2. The summed E-state index contributed by atoms with van der Waals surface area (Å²) in [6, 6.07) is 5.88. The van der Waals surface area contributed by atoms with Crippen molar-refractivity contribution < 1.29 is 17.6 Å². The predicted octanol–water partition coefficient (Wildman–Crippen LogP) is 2.17. The zero-order valence-electron chi connectivity index (χ0n) is 12.4. The number of nitrogens with one attached hydrogen (secondary N) is 1. The maximum absolute atomic E-state index is 13.8. The number of rotatable bonds is 3. The second-order valence-corrected chi connectivity index (χ2v) is 8.71. The molecule has 5 nitrogen and oxygen atoms in total. The molecular weight excluding hydrogens is 339 g/mol. The van der Waals surface area contributed by atoms with Gasteiger partial charge in [-0.05, 0) is 25.5 Å². The number of nitrogens with zero attached hydrogens (tertiary/aromatic N) is 1. The van der Waals surface area contributed by atoms with Crippen LogP contribution in [0.1, 0.15) is 21.8 Å². The summed E-state index contributed by atoms with van der Waals surface area (Å²) in [5, 5.41) is 3.16. The number of carbonyl (C=O) groups is 1. The van der Waals surface area contributed by atoms with E-state index in [-0.39, 0.29) is 23.5 Å². The molecule has 0 saturated carbocycles. The van der Waals surface area contributed by atoms with Gasteiger partial charge in [-0.2, -0.15) is 0 Å². The van der Waals surface area contributed by atoms with Crippen LogP contribution >= 0.6 is 11.3 Å². The first kappa shape index (κ1) is 16.1. The highest BCUT2D eigenvalue weighted by Gasteiger charge is 2.30. The molecule has 2 aromatic rings. The summed E-state index contributed by atoms with van der Waals surface area (Å²) in [4.78, 5) is 17.0. The predicted molar refractivity (Wildman–Crippen MR) is 86.8 cm³/mol. The van der Waals surface area contributed by atoms with Crippen LogP contribution in [0.25, 0.3) is 10.6 Å². The lowest BCUT2D eigenvalue weighted by molar-refractivity contribution is 0.0944. The monoisotopic (exact) mass is 354 g/mol. The first-order valence-corrected chi connectivity index (χ1v) is 9.73. The Hall–Kier alpha value is -1.80. The first-order chi connectivity index (χ1) is 10.9. The lowest BCUT2D eigenvalue weighted by Gasteiger charge is -2.09. The zero-order chi connectivity index (χ0) is 16.6. The Morgan fingerprint density at radius 1 is 1.39 bits per heavy atom. The van der Waals surface area contributed by atoms with Gasteiger partial charge in [0.25, 0.3) is 5.91 Å². The maximum Gasteiger partial charge on any atom is 0.263 e. The SMILES string of the molecule is Cc1nc(-c2ccccc2F)sc1C(=O)N[C@@H]1CCS(=O)(=O)C1. The van der Waals surface area contributed by atoms with Crippen LogP contribution in [0.2, 0.25) is 0 Å². The molecule has 23 heavy (non-hydrogen) atoms. The van der Waals surface area contributed by atoms with E-state index in [1.54, 1.807) is 25.1 Å². The fourth-order valence-corrected chi connectivity index (χ4v) is 5.19. The number of thiazole rings is 1. The van der Waals surface area contributed by atoms with E-state index in [1.807, 2.05) is 0 Å². The minimum atomic E-state index is -3.05. The van der Waals surface area contributed by atoms with Gasteiger partial charge in [-0.15, -0.1) is 11.3 Å². The first-order valence-electron chi connectivity index (χ1n) is 7.09. The van der Waals surface area contributed by atoms with Crippen LogP contribution in [-0.4, -0.2) is 36.9 Å². The third-order valence-corrected chi connectivity index (χ3v) is 6.63. The summed E-state index contributed by atoms with van der Waals surface area (Å²) in [6.45, 7) is 1.68. The molecule has 1 amide bonds. The lowest BCUT2D eigenvalue weighted by Crippen LogP contribution is -2.35. The molecule has 1 saturated heterocycles. The van der Waals surface area contributed by atoms with Crippen LogP contribution in [0, 0.1) is 12.7 Å². The molecule has 1 aromatic carbocycles. The summed E-state index contributed by atoms with van der Waals surface area (Å²) in [5.41, 5.74) is 0.856. The molecule has 3 rings (SSSR count). The maximum atomic E-state index is 13.8. The average Bonchev–Trinajstić information content (AvgIpc) is 3.02. The molecule has 8 heteroatoms. The smallest absolute Gasteiger partial charge is 0.263 e. The van der Waals surface area contributed by atoms with Gasteiger partial charge in [0.2, 0.25) is 0 Å². The van der Waals surface area contributed by atoms with Crippen LogP contribution in [0.5, 0.6) is 0 Å². The number of hydrogen-bond acceptors (Lipinski definition) is 5. The number of carbonyl (C=O) groups excluding carboxylic acids is 1. The normalized spacial score (nSPS) is 19.7. The molecule has 0 aliphatic carbocycles. The van der Waals surface area contributed by atoms with Crippen molar-refractivity contribution in [3.8, 4) is 10.6 Å². The minimum absolute atomic E-state index is 0.0310. The van der Waals surface area contributed by atoms with Crippen LogP contribution in [-0.2, 0) is 9.84 Å². The van der Waals surface area contributed by atoms with Gasteiger partial charge in [0.15, 0.2) is 9.84 Å². The van der Waals surface area contributed by atoms with Crippen molar-refractivity contribution >= 4 is 27.1 Å². The highest BCUT2D eigenvalue weighted by molar-refractivity contribution is 7.91. The molecule has 1 atom stereocenters. The second kappa shape index (κ2) is 6.01. The zero-order valence-corrected chi connectivity index (χ0v) is 14.0. The van der Waals surface area contributed by atoms with Gasteiger partial charge in [-0.3, -0.25) is 4.79 Å². The van der Waals surface area contributed by atoms with E-state index in [2.05, 4.69) is 10.3 Å². The Bertz CT molecular complexity index is 861. The van der Waals surface area contributed by atoms with Crippen molar-refractivity contribution in [2.75, 3.05) is 11.5 Å². The topological polar surface area (TPSA) is 76.1 Å². The summed E-state index contributed by atoms with van der Waals surface area (Å²) in [6.07, 6.45) is 0.423. The van der Waals surface area contributed by atoms with E-state index >= 15 is 0 Å². The van der Waals surface area contributed by atoms with Gasteiger partial charge in [0.1, 0.15) is 15.7 Å². The summed E-state index contributed by atoms with van der Waals surface area (Å²) < 4.78 is 36.7. The van der Waals surface area contributed by atoms with E-state index < -0.39 is 15.7 Å². The Morgan fingerprint density at radius 2 is 2.13 bits per heavy atom. The average molecular weight is 354 g/mol. The molecule has 1 N–H and O–H groups in total. The van der Waals surface area contributed by atoms with Crippen LogP contribution in [0.3, 0.4) is 0 Å². The Kier molecular flexibility index (Phi) is 4.20. The Labute approximate surface area is 137 Å². The van der Waals surface area contributed by atoms with E-state index in [1.165, 1.54) is 6.07 Å². The molecule has 0 unspecified atom stereocenters. The third-order valence-electron chi connectivity index (χ3n) is 3.67. The molecule has 1 aliphatic rings. The van der Waals surface area contributed by atoms with Crippen molar-refractivity contribution in [2.45, 2.75) is 19.4 Å². The molecule has 2 heterocycles. The summed E-state index contributed by atoms with van der Waals surface area (Å²) >= 11 is 1.11. The summed E-state index contributed by atoms with van der Waals surface area (Å²) in [7, 11) is -3.05. The van der Waals surface area contributed by atoms with Crippen LogP contribution in [0.15, 0.2) is 24.3 Å². The van der Waals surface area contributed by atoms with Gasteiger partial charge in [-0.25, -0.2) is 17.8 Å². The fourth-order valence-electron chi connectivity index (χ4n) is 2.52. The van der Waals surface area contributed by atoms with Crippen molar-refractivity contribution in [1.82, 2.24) is 10.3 Å². The summed E-state index contributed by atoms with van der Waals surface area (Å²) in [5.74, 6) is -0.684. The van der Waals surface area contributed by atoms with Gasteiger partial charge in [-0.1, -0.05) is 12.1 Å². The van der Waals surface area contributed by atoms with Gasteiger partial charge >= 0.3 is 0 Å². The Morgan fingerprint density at radius 3 is 2.78 bits per heavy atom. The molecule has 1 fully saturated rings. The molecule has 122 valence electrons. The number of aromatic nitrogens is 1. The number of halogens is 1. The molecule has 0 bridgehead atoms. The van der Waals surface area contributed by atoms with Crippen LogP contribution < -0.4 is 5.32 Å².